The van der Waals surface area contributed by atoms with Crippen molar-refractivity contribution in [3.05, 3.63) is 62.7 Å². The number of aromatic carboxylic acids is 1. The number of hydrogen-bond donors (Lipinski definition) is 2. The summed E-state index contributed by atoms with van der Waals surface area (Å²) in [5.41, 5.74) is 1.88. The molecule has 0 aliphatic carbocycles. The first kappa shape index (κ1) is 18.1. The number of ketones is 1. The molecule has 0 heterocycles. The van der Waals surface area contributed by atoms with Gasteiger partial charge in [0.1, 0.15) is 0 Å². The summed E-state index contributed by atoms with van der Waals surface area (Å²) in [7, 11) is 0. The number of nitrogens with one attached hydrogen (secondary N) is 1. The Labute approximate surface area is 153 Å². The summed E-state index contributed by atoms with van der Waals surface area (Å²) in [4.78, 5) is 35.3. The minimum absolute atomic E-state index is 0.00223. The van der Waals surface area contributed by atoms with E-state index in [9.17, 15) is 19.5 Å². The number of amides is 1. The summed E-state index contributed by atoms with van der Waals surface area (Å²) in [5.74, 6) is -1.62. The lowest BCUT2D eigenvalue weighted by Crippen LogP contribution is -2.16. The Kier molecular flexibility index (Phi) is 6.08. The topological polar surface area (TPSA) is 83.5 Å². The van der Waals surface area contributed by atoms with E-state index in [4.69, 9.17) is 0 Å². The smallest absolute Gasteiger partial charge is 0.337 e. The van der Waals surface area contributed by atoms with Crippen LogP contribution in [0.4, 0.5) is 5.69 Å². The first-order chi connectivity index (χ1) is 11.4. The number of Topliss-reactive ketones (excluding diaryl/α,β-unsaturated/α-hetero) is 1. The summed E-state index contributed by atoms with van der Waals surface area (Å²) >= 11 is 2.00. The number of carboxylic acids is 1. The number of halogens is 1. The molecule has 2 rings (SSSR count). The second kappa shape index (κ2) is 8.05. The van der Waals surface area contributed by atoms with E-state index in [0.717, 1.165) is 9.13 Å². The van der Waals surface area contributed by atoms with Crippen LogP contribution in [0, 0.1) is 10.5 Å². The molecule has 0 aliphatic heterocycles. The van der Waals surface area contributed by atoms with Gasteiger partial charge in [0.25, 0.3) is 0 Å². The van der Waals surface area contributed by atoms with Crippen LogP contribution >= 0.6 is 22.6 Å². The highest BCUT2D eigenvalue weighted by Gasteiger charge is 2.14. The molecule has 124 valence electrons. The Morgan fingerprint density at radius 3 is 2.33 bits per heavy atom. The van der Waals surface area contributed by atoms with Crippen LogP contribution in [0.25, 0.3) is 0 Å². The summed E-state index contributed by atoms with van der Waals surface area (Å²) in [5, 5.41) is 11.7. The van der Waals surface area contributed by atoms with Crippen LogP contribution in [-0.4, -0.2) is 22.8 Å². The Morgan fingerprint density at radius 2 is 1.71 bits per heavy atom. The van der Waals surface area contributed by atoms with E-state index >= 15 is 0 Å². The molecule has 0 bridgehead atoms. The second-order valence-corrected chi connectivity index (χ2v) is 6.58. The fourth-order valence-electron chi connectivity index (χ4n) is 2.13. The van der Waals surface area contributed by atoms with Gasteiger partial charge in [0, 0.05) is 22.0 Å². The maximum Gasteiger partial charge on any atom is 0.337 e. The average Bonchev–Trinajstić information content (AvgIpc) is 2.54. The quantitative estimate of drug-likeness (QED) is 0.531. The lowest BCUT2D eigenvalue weighted by atomic mass is 10.0. The van der Waals surface area contributed by atoms with Gasteiger partial charge in [-0.1, -0.05) is 29.8 Å². The fourth-order valence-corrected chi connectivity index (χ4v) is 2.62. The average molecular weight is 437 g/mol. The molecule has 24 heavy (non-hydrogen) atoms. The van der Waals surface area contributed by atoms with Gasteiger partial charge in [0.15, 0.2) is 5.78 Å². The van der Waals surface area contributed by atoms with Crippen molar-refractivity contribution in [1.82, 2.24) is 0 Å². The van der Waals surface area contributed by atoms with E-state index in [1.54, 1.807) is 24.3 Å². The zero-order valence-corrected chi connectivity index (χ0v) is 15.2. The number of rotatable bonds is 6. The van der Waals surface area contributed by atoms with Gasteiger partial charge in [-0.2, -0.15) is 0 Å². The van der Waals surface area contributed by atoms with Gasteiger partial charge in [-0.25, -0.2) is 4.79 Å². The predicted molar refractivity (Wildman–Crippen MR) is 99.5 cm³/mol. The molecule has 0 atom stereocenters. The van der Waals surface area contributed by atoms with E-state index in [2.05, 4.69) is 5.32 Å². The molecule has 0 unspecified atom stereocenters. The minimum Gasteiger partial charge on any atom is -0.478 e. The van der Waals surface area contributed by atoms with Crippen LogP contribution in [0.5, 0.6) is 0 Å². The molecule has 0 fully saturated rings. The number of benzene rings is 2. The summed E-state index contributed by atoms with van der Waals surface area (Å²) in [6.45, 7) is 1.93. The Hall–Kier alpha value is -2.22. The Morgan fingerprint density at radius 1 is 1.04 bits per heavy atom. The maximum absolute atomic E-state index is 12.1. The van der Waals surface area contributed by atoms with Crippen LogP contribution in [-0.2, 0) is 4.79 Å². The van der Waals surface area contributed by atoms with Crippen molar-refractivity contribution >= 4 is 45.9 Å². The van der Waals surface area contributed by atoms with Crippen LogP contribution in [0.1, 0.15) is 39.1 Å². The molecule has 0 saturated heterocycles. The molecular weight excluding hydrogens is 421 g/mol. The van der Waals surface area contributed by atoms with Crippen molar-refractivity contribution in [3.63, 3.8) is 0 Å². The van der Waals surface area contributed by atoms with Gasteiger partial charge >= 0.3 is 5.97 Å². The maximum atomic E-state index is 12.1. The van der Waals surface area contributed by atoms with E-state index in [0.29, 0.717) is 5.56 Å². The SMILES string of the molecule is Cc1ccc(C(=O)CCC(=O)Nc2ccc(I)cc2C(=O)O)cc1. The van der Waals surface area contributed by atoms with Crippen molar-refractivity contribution in [1.29, 1.82) is 0 Å². The van der Waals surface area contributed by atoms with Crippen LogP contribution in [0.3, 0.4) is 0 Å². The number of carbonyl (C=O) groups is 3. The van der Waals surface area contributed by atoms with Crippen LogP contribution in [0.2, 0.25) is 0 Å². The Balaban J connectivity index is 1.98. The highest BCUT2D eigenvalue weighted by atomic mass is 127. The van der Waals surface area contributed by atoms with Gasteiger partial charge in [-0.3, -0.25) is 9.59 Å². The molecule has 0 aliphatic rings. The molecule has 0 radical (unpaired) electrons. The van der Waals surface area contributed by atoms with Gasteiger partial charge < -0.3 is 10.4 Å². The number of anilines is 1. The van der Waals surface area contributed by atoms with Crippen molar-refractivity contribution in [2.24, 2.45) is 0 Å². The Bertz CT molecular complexity index is 784. The molecule has 2 aromatic rings. The molecule has 0 saturated carbocycles. The monoisotopic (exact) mass is 437 g/mol. The molecule has 2 aromatic carbocycles. The molecule has 0 aromatic heterocycles. The van der Waals surface area contributed by atoms with Gasteiger partial charge in [-0.05, 0) is 47.7 Å². The molecule has 0 spiro atoms. The van der Waals surface area contributed by atoms with Crippen molar-refractivity contribution < 1.29 is 19.5 Å². The van der Waals surface area contributed by atoms with Gasteiger partial charge in [0.05, 0.1) is 11.3 Å². The van der Waals surface area contributed by atoms with E-state index in [-0.39, 0.29) is 35.8 Å². The summed E-state index contributed by atoms with van der Waals surface area (Å²) in [6, 6.07) is 11.9. The second-order valence-electron chi connectivity index (χ2n) is 5.33. The lowest BCUT2D eigenvalue weighted by Gasteiger charge is -2.09. The zero-order valence-electron chi connectivity index (χ0n) is 13.0. The molecular formula is C18H16INO4. The number of carboxylic acid groups (broad SMARTS) is 1. The third-order valence-electron chi connectivity index (χ3n) is 3.44. The largest absolute Gasteiger partial charge is 0.478 e. The van der Waals surface area contributed by atoms with Gasteiger partial charge in [0.2, 0.25) is 5.91 Å². The third-order valence-corrected chi connectivity index (χ3v) is 4.11. The predicted octanol–water partition coefficient (Wildman–Crippen LogP) is 3.90. The van der Waals surface area contributed by atoms with Crippen LogP contribution in [0.15, 0.2) is 42.5 Å². The minimum atomic E-state index is -1.11. The number of hydrogen-bond acceptors (Lipinski definition) is 3. The van der Waals surface area contributed by atoms with Crippen molar-refractivity contribution in [3.8, 4) is 0 Å². The molecule has 1 amide bonds. The zero-order chi connectivity index (χ0) is 17.7. The highest BCUT2D eigenvalue weighted by Crippen LogP contribution is 2.19. The first-order valence-corrected chi connectivity index (χ1v) is 8.37. The van der Waals surface area contributed by atoms with E-state index in [1.165, 1.54) is 6.07 Å². The van der Waals surface area contributed by atoms with Gasteiger partial charge in [-0.15, -0.1) is 0 Å². The van der Waals surface area contributed by atoms with E-state index < -0.39 is 5.97 Å². The van der Waals surface area contributed by atoms with Crippen molar-refractivity contribution in [2.45, 2.75) is 19.8 Å². The standard InChI is InChI=1S/C18H16INO4/c1-11-2-4-12(5-3-11)16(21)8-9-17(22)20-15-7-6-13(19)10-14(15)18(23)24/h2-7,10H,8-9H2,1H3,(H,20,22)(H,23,24). The normalized spacial score (nSPS) is 10.2. The lowest BCUT2D eigenvalue weighted by molar-refractivity contribution is -0.116. The molecule has 6 heteroatoms. The fraction of sp³-hybridized carbons (Fsp3) is 0.167. The number of carbonyl (C=O) groups excluding carboxylic acids is 2. The highest BCUT2D eigenvalue weighted by molar-refractivity contribution is 14.1. The summed E-state index contributed by atoms with van der Waals surface area (Å²) in [6.07, 6.45) is 0.0689. The third kappa shape index (κ3) is 4.89. The van der Waals surface area contributed by atoms with Crippen molar-refractivity contribution in [2.75, 3.05) is 5.32 Å². The van der Waals surface area contributed by atoms with Crippen LogP contribution < -0.4 is 5.32 Å². The summed E-state index contributed by atoms with van der Waals surface area (Å²) < 4.78 is 0.762. The first-order valence-electron chi connectivity index (χ1n) is 7.29. The molecule has 2 N–H and O–H groups in total. The van der Waals surface area contributed by atoms with E-state index in [1.807, 2.05) is 41.6 Å². The number of aryl methyl sites for hydroxylation is 1. The molecule has 5 nitrogen and oxygen atoms in total.